The van der Waals surface area contributed by atoms with Crippen molar-refractivity contribution in [2.45, 2.75) is 20.1 Å². The maximum absolute atomic E-state index is 11.6. The SMILES string of the molecule is CCn1cc(COCCF)nn1. The van der Waals surface area contributed by atoms with Gasteiger partial charge in [-0.25, -0.2) is 4.39 Å². The number of hydrogen-bond acceptors (Lipinski definition) is 3. The van der Waals surface area contributed by atoms with Crippen LogP contribution in [-0.4, -0.2) is 28.3 Å². The van der Waals surface area contributed by atoms with E-state index in [1.165, 1.54) is 0 Å². The van der Waals surface area contributed by atoms with Crippen LogP contribution in [0.3, 0.4) is 0 Å². The molecule has 0 aromatic carbocycles. The number of ether oxygens (including phenoxy) is 1. The molecule has 4 nitrogen and oxygen atoms in total. The molecule has 0 fully saturated rings. The van der Waals surface area contributed by atoms with E-state index in [9.17, 15) is 4.39 Å². The van der Waals surface area contributed by atoms with Crippen LogP contribution in [-0.2, 0) is 17.9 Å². The lowest BCUT2D eigenvalue weighted by molar-refractivity contribution is 0.104. The summed E-state index contributed by atoms with van der Waals surface area (Å²) in [6.45, 7) is 2.77. The van der Waals surface area contributed by atoms with Crippen molar-refractivity contribution in [2.75, 3.05) is 13.3 Å². The Kier molecular flexibility index (Phi) is 3.66. The van der Waals surface area contributed by atoms with Gasteiger partial charge in [0.15, 0.2) is 0 Å². The van der Waals surface area contributed by atoms with E-state index in [1.807, 2.05) is 6.92 Å². The van der Waals surface area contributed by atoms with Gasteiger partial charge in [-0.3, -0.25) is 4.68 Å². The third kappa shape index (κ3) is 2.58. The van der Waals surface area contributed by atoms with E-state index < -0.39 is 6.67 Å². The molecule has 0 N–H and O–H groups in total. The zero-order valence-corrected chi connectivity index (χ0v) is 7.03. The van der Waals surface area contributed by atoms with Gasteiger partial charge in [0.1, 0.15) is 12.4 Å². The van der Waals surface area contributed by atoms with Crippen LogP contribution in [0.15, 0.2) is 6.20 Å². The fraction of sp³-hybridized carbons (Fsp3) is 0.714. The Morgan fingerprint density at radius 1 is 1.67 bits per heavy atom. The van der Waals surface area contributed by atoms with Gasteiger partial charge in [0.25, 0.3) is 0 Å². The summed E-state index contributed by atoms with van der Waals surface area (Å²) in [7, 11) is 0. The maximum atomic E-state index is 11.6. The molecule has 0 unspecified atom stereocenters. The summed E-state index contributed by atoms with van der Waals surface area (Å²) in [6, 6.07) is 0. The van der Waals surface area contributed by atoms with E-state index >= 15 is 0 Å². The minimum absolute atomic E-state index is 0.124. The quantitative estimate of drug-likeness (QED) is 0.618. The Morgan fingerprint density at radius 2 is 2.50 bits per heavy atom. The lowest BCUT2D eigenvalue weighted by Crippen LogP contribution is -1.96. The highest BCUT2D eigenvalue weighted by Crippen LogP contribution is 1.95. The highest BCUT2D eigenvalue weighted by atomic mass is 19.1. The third-order valence-electron chi connectivity index (χ3n) is 1.38. The Bertz CT molecular complexity index is 226. The molecule has 0 aliphatic heterocycles. The largest absolute Gasteiger partial charge is 0.372 e. The summed E-state index contributed by atoms with van der Waals surface area (Å²) >= 11 is 0. The topological polar surface area (TPSA) is 39.9 Å². The van der Waals surface area contributed by atoms with Crippen LogP contribution in [0.2, 0.25) is 0 Å². The van der Waals surface area contributed by atoms with Gasteiger partial charge in [-0.2, -0.15) is 0 Å². The molecule has 0 atom stereocenters. The summed E-state index contributed by atoms with van der Waals surface area (Å²) < 4.78 is 18.2. The molecule has 0 saturated heterocycles. The number of aromatic nitrogens is 3. The van der Waals surface area contributed by atoms with Crippen molar-refractivity contribution in [2.24, 2.45) is 0 Å². The Labute approximate surface area is 70.3 Å². The van der Waals surface area contributed by atoms with Crippen molar-refractivity contribution in [3.8, 4) is 0 Å². The van der Waals surface area contributed by atoms with E-state index in [0.29, 0.717) is 6.61 Å². The fourth-order valence-electron chi connectivity index (χ4n) is 0.791. The molecule has 0 spiro atoms. The Balaban J connectivity index is 2.31. The van der Waals surface area contributed by atoms with Crippen molar-refractivity contribution >= 4 is 0 Å². The Hall–Kier alpha value is -0.970. The van der Waals surface area contributed by atoms with Gasteiger partial charge in [0, 0.05) is 6.54 Å². The summed E-state index contributed by atoms with van der Waals surface area (Å²) in [4.78, 5) is 0. The van der Waals surface area contributed by atoms with Gasteiger partial charge in [-0.1, -0.05) is 5.21 Å². The van der Waals surface area contributed by atoms with E-state index in [0.717, 1.165) is 12.2 Å². The summed E-state index contributed by atoms with van der Waals surface area (Å²) in [6.07, 6.45) is 1.79. The van der Waals surface area contributed by atoms with E-state index in [4.69, 9.17) is 4.74 Å². The first-order chi connectivity index (χ1) is 5.86. The molecule has 1 heterocycles. The number of aryl methyl sites for hydroxylation is 1. The minimum atomic E-state index is -0.456. The maximum Gasteiger partial charge on any atom is 0.113 e. The standard InChI is InChI=1S/C7H12FN3O/c1-2-11-5-7(9-10-11)6-12-4-3-8/h5H,2-4,6H2,1H3. The molecule has 0 bridgehead atoms. The lowest BCUT2D eigenvalue weighted by Gasteiger charge is -1.95. The van der Waals surface area contributed by atoms with Gasteiger partial charge in [0.2, 0.25) is 0 Å². The molecule has 0 amide bonds. The van der Waals surface area contributed by atoms with Gasteiger partial charge in [0.05, 0.1) is 19.4 Å². The molecule has 12 heavy (non-hydrogen) atoms. The van der Waals surface area contributed by atoms with Crippen LogP contribution in [0.5, 0.6) is 0 Å². The average molecular weight is 173 g/mol. The molecule has 5 heteroatoms. The summed E-state index contributed by atoms with van der Waals surface area (Å²) in [5.74, 6) is 0. The van der Waals surface area contributed by atoms with Crippen LogP contribution in [0.4, 0.5) is 4.39 Å². The van der Waals surface area contributed by atoms with E-state index in [2.05, 4.69) is 10.3 Å². The number of rotatable bonds is 5. The van der Waals surface area contributed by atoms with E-state index in [-0.39, 0.29) is 6.61 Å². The molecule has 1 aromatic heterocycles. The smallest absolute Gasteiger partial charge is 0.113 e. The molecular weight excluding hydrogens is 161 g/mol. The highest BCUT2D eigenvalue weighted by molar-refractivity contribution is 4.89. The van der Waals surface area contributed by atoms with Crippen molar-refractivity contribution in [3.05, 3.63) is 11.9 Å². The summed E-state index contributed by atoms with van der Waals surface area (Å²) in [5.41, 5.74) is 0.741. The second-order valence-corrected chi connectivity index (χ2v) is 2.31. The van der Waals surface area contributed by atoms with Crippen molar-refractivity contribution in [1.82, 2.24) is 15.0 Å². The number of halogens is 1. The molecule has 1 rings (SSSR count). The normalized spacial score (nSPS) is 10.5. The second kappa shape index (κ2) is 4.82. The molecule has 1 aromatic rings. The van der Waals surface area contributed by atoms with Gasteiger partial charge in [-0.05, 0) is 6.92 Å². The predicted molar refractivity (Wildman–Crippen MR) is 41.3 cm³/mol. The van der Waals surface area contributed by atoms with Crippen molar-refractivity contribution in [1.29, 1.82) is 0 Å². The molecular formula is C7H12FN3O. The van der Waals surface area contributed by atoms with Crippen molar-refractivity contribution < 1.29 is 9.13 Å². The van der Waals surface area contributed by atoms with Gasteiger partial charge in [-0.15, -0.1) is 5.10 Å². The predicted octanol–water partition coefficient (Wildman–Crippen LogP) is 0.784. The Morgan fingerprint density at radius 3 is 3.08 bits per heavy atom. The molecule has 0 radical (unpaired) electrons. The molecule has 0 saturated carbocycles. The van der Waals surface area contributed by atoms with E-state index in [1.54, 1.807) is 10.9 Å². The average Bonchev–Trinajstić information content (AvgIpc) is 2.53. The first kappa shape index (κ1) is 9.12. The second-order valence-electron chi connectivity index (χ2n) is 2.31. The molecule has 0 aliphatic rings. The zero-order valence-electron chi connectivity index (χ0n) is 7.03. The first-order valence-electron chi connectivity index (χ1n) is 3.89. The van der Waals surface area contributed by atoms with Gasteiger partial charge < -0.3 is 4.74 Å². The molecule has 0 aliphatic carbocycles. The molecule has 68 valence electrons. The number of hydrogen-bond donors (Lipinski definition) is 0. The van der Waals surface area contributed by atoms with Crippen molar-refractivity contribution in [3.63, 3.8) is 0 Å². The third-order valence-corrected chi connectivity index (χ3v) is 1.38. The monoisotopic (exact) mass is 173 g/mol. The van der Waals surface area contributed by atoms with Gasteiger partial charge >= 0.3 is 0 Å². The summed E-state index contributed by atoms with van der Waals surface area (Å²) in [5, 5.41) is 7.63. The number of alkyl halides is 1. The number of nitrogens with zero attached hydrogens (tertiary/aromatic N) is 3. The van der Waals surface area contributed by atoms with Crippen LogP contribution >= 0.6 is 0 Å². The minimum Gasteiger partial charge on any atom is -0.372 e. The first-order valence-corrected chi connectivity index (χ1v) is 3.89. The highest BCUT2D eigenvalue weighted by Gasteiger charge is 1.98. The zero-order chi connectivity index (χ0) is 8.81. The fourth-order valence-corrected chi connectivity index (χ4v) is 0.791. The van der Waals surface area contributed by atoms with Crippen LogP contribution < -0.4 is 0 Å². The van der Waals surface area contributed by atoms with Crippen LogP contribution in [0, 0.1) is 0 Å². The van der Waals surface area contributed by atoms with Crippen LogP contribution in [0.25, 0.3) is 0 Å². The van der Waals surface area contributed by atoms with Crippen LogP contribution in [0.1, 0.15) is 12.6 Å². The lowest BCUT2D eigenvalue weighted by atomic mass is 10.5.